The van der Waals surface area contributed by atoms with Crippen LogP contribution in [0.25, 0.3) is 0 Å². The lowest BCUT2D eigenvalue weighted by Gasteiger charge is -2.11. The van der Waals surface area contributed by atoms with Crippen LogP contribution < -0.4 is 0 Å². The smallest absolute Gasteiger partial charge is 0.0669 e. The predicted octanol–water partition coefficient (Wildman–Crippen LogP) is 1.87. The minimum Gasteiger partial charge on any atom is -0.198 e. The molecule has 0 aromatic rings. The van der Waals surface area contributed by atoms with Gasteiger partial charge in [0, 0.05) is 12.8 Å². The summed E-state index contributed by atoms with van der Waals surface area (Å²) in [5, 5.41) is 34.2. The Morgan fingerprint density at radius 1 is 0.714 bits per heavy atom. The second kappa shape index (κ2) is 7.60. The lowest BCUT2D eigenvalue weighted by Crippen LogP contribution is -2.11. The summed E-state index contributed by atoms with van der Waals surface area (Å²) in [6, 6.07) is 7.91. The Kier molecular flexibility index (Phi) is 6.49. The lowest BCUT2D eigenvalue weighted by molar-refractivity contribution is 0.446. The van der Waals surface area contributed by atoms with Crippen LogP contribution in [0.2, 0.25) is 0 Å². The van der Waals surface area contributed by atoms with E-state index in [0.717, 1.165) is 0 Å². The molecular formula is C10H10N4. The Bertz CT molecular complexity index is 286. The first kappa shape index (κ1) is 12.0. The maximum absolute atomic E-state index is 8.76. The summed E-state index contributed by atoms with van der Waals surface area (Å²) in [6.07, 6.45) is 1.39. The van der Waals surface area contributed by atoms with Crippen molar-refractivity contribution in [3.05, 3.63) is 0 Å². The number of nitrogens with zero attached hydrogens (tertiary/aromatic N) is 4. The first-order chi connectivity index (χ1) is 6.79. The molecule has 0 N–H and O–H groups in total. The minimum absolute atomic E-state index is 0.281. The maximum atomic E-state index is 8.76. The normalized spacial score (nSPS) is 12.6. The van der Waals surface area contributed by atoms with Crippen molar-refractivity contribution < 1.29 is 0 Å². The fourth-order valence-corrected chi connectivity index (χ4v) is 1.15. The number of rotatable bonds is 5. The van der Waals surface area contributed by atoms with E-state index < -0.39 is 11.8 Å². The van der Waals surface area contributed by atoms with Crippen LogP contribution in [0.4, 0.5) is 0 Å². The van der Waals surface area contributed by atoms with E-state index in [1.165, 1.54) is 0 Å². The third-order valence-electron chi connectivity index (χ3n) is 1.95. The molecule has 0 amide bonds. The van der Waals surface area contributed by atoms with Crippen LogP contribution in [-0.4, -0.2) is 0 Å². The fraction of sp³-hybridized carbons (Fsp3) is 0.600. The van der Waals surface area contributed by atoms with Crippen molar-refractivity contribution in [2.75, 3.05) is 0 Å². The van der Waals surface area contributed by atoms with Gasteiger partial charge in [0.25, 0.3) is 0 Å². The summed E-state index contributed by atoms with van der Waals surface area (Å²) in [4.78, 5) is 0. The summed E-state index contributed by atoms with van der Waals surface area (Å²) < 4.78 is 0. The molecule has 0 aromatic heterocycles. The zero-order chi connectivity index (χ0) is 10.8. The highest BCUT2D eigenvalue weighted by atomic mass is 14.4. The van der Waals surface area contributed by atoms with Crippen LogP contribution in [-0.2, 0) is 0 Å². The highest BCUT2D eigenvalue weighted by molar-refractivity contribution is 4.99. The molecular weight excluding hydrogens is 176 g/mol. The third-order valence-corrected chi connectivity index (χ3v) is 1.95. The Morgan fingerprint density at radius 3 is 1.29 bits per heavy atom. The van der Waals surface area contributed by atoms with Crippen LogP contribution in [0, 0.1) is 57.2 Å². The molecule has 0 aliphatic rings. The summed E-state index contributed by atoms with van der Waals surface area (Å²) in [6.45, 7) is 0. The molecule has 0 fully saturated rings. The van der Waals surface area contributed by atoms with E-state index in [1.807, 2.05) is 24.3 Å². The predicted molar refractivity (Wildman–Crippen MR) is 47.9 cm³/mol. The third kappa shape index (κ3) is 4.10. The molecule has 0 aliphatic heterocycles. The van der Waals surface area contributed by atoms with Gasteiger partial charge in [-0.25, -0.2) is 0 Å². The maximum Gasteiger partial charge on any atom is 0.0669 e. The SMILES string of the molecule is N#CCCC(C#N)C(C#N)CCC#N. The van der Waals surface area contributed by atoms with Gasteiger partial charge in [0.05, 0.1) is 36.1 Å². The number of hydrogen-bond donors (Lipinski definition) is 0. The highest BCUT2D eigenvalue weighted by Crippen LogP contribution is 2.20. The van der Waals surface area contributed by atoms with Gasteiger partial charge in [-0.1, -0.05) is 0 Å². The van der Waals surface area contributed by atoms with Gasteiger partial charge in [-0.2, -0.15) is 21.0 Å². The summed E-state index contributed by atoms with van der Waals surface area (Å²) in [5.41, 5.74) is 0. The summed E-state index contributed by atoms with van der Waals surface area (Å²) in [7, 11) is 0. The van der Waals surface area contributed by atoms with E-state index in [1.54, 1.807) is 0 Å². The Morgan fingerprint density at radius 2 is 1.07 bits per heavy atom. The molecule has 14 heavy (non-hydrogen) atoms. The van der Waals surface area contributed by atoms with E-state index in [2.05, 4.69) is 0 Å². The molecule has 4 heteroatoms. The van der Waals surface area contributed by atoms with Gasteiger partial charge in [0.1, 0.15) is 0 Å². The van der Waals surface area contributed by atoms with E-state index in [-0.39, 0.29) is 12.8 Å². The van der Waals surface area contributed by atoms with Gasteiger partial charge < -0.3 is 0 Å². The van der Waals surface area contributed by atoms with Crippen LogP contribution in [0.15, 0.2) is 0 Å². The Balaban J connectivity index is 4.21. The average Bonchev–Trinajstić information content (AvgIpc) is 2.23. The van der Waals surface area contributed by atoms with Crippen molar-refractivity contribution in [2.45, 2.75) is 25.7 Å². The molecule has 2 unspecified atom stereocenters. The molecule has 0 spiro atoms. The standard InChI is InChI=1S/C10H10N4/c11-5-1-3-9(7-13)10(8-14)4-2-6-12/h9-10H,1-4H2. The van der Waals surface area contributed by atoms with Crippen molar-refractivity contribution in [2.24, 2.45) is 11.8 Å². The van der Waals surface area contributed by atoms with E-state index in [9.17, 15) is 0 Å². The van der Waals surface area contributed by atoms with E-state index in [0.29, 0.717) is 12.8 Å². The molecule has 0 heterocycles. The van der Waals surface area contributed by atoms with Gasteiger partial charge in [-0.05, 0) is 12.8 Å². The van der Waals surface area contributed by atoms with Gasteiger partial charge >= 0.3 is 0 Å². The van der Waals surface area contributed by atoms with Gasteiger partial charge in [0.15, 0.2) is 0 Å². The van der Waals surface area contributed by atoms with Crippen molar-refractivity contribution in [3.8, 4) is 24.3 Å². The first-order valence-electron chi connectivity index (χ1n) is 4.33. The van der Waals surface area contributed by atoms with Crippen molar-refractivity contribution in [3.63, 3.8) is 0 Å². The Hall–Kier alpha value is -2.04. The van der Waals surface area contributed by atoms with Crippen LogP contribution in [0.1, 0.15) is 25.7 Å². The first-order valence-corrected chi connectivity index (χ1v) is 4.33. The van der Waals surface area contributed by atoms with Crippen molar-refractivity contribution >= 4 is 0 Å². The monoisotopic (exact) mass is 186 g/mol. The zero-order valence-corrected chi connectivity index (χ0v) is 7.77. The van der Waals surface area contributed by atoms with Crippen molar-refractivity contribution in [1.82, 2.24) is 0 Å². The van der Waals surface area contributed by atoms with Gasteiger partial charge in [0.2, 0.25) is 0 Å². The summed E-state index contributed by atoms with van der Waals surface area (Å²) >= 11 is 0. The second-order valence-electron chi connectivity index (χ2n) is 2.86. The zero-order valence-electron chi connectivity index (χ0n) is 7.77. The molecule has 70 valence electrons. The lowest BCUT2D eigenvalue weighted by atomic mass is 9.87. The van der Waals surface area contributed by atoms with Crippen LogP contribution in [0.5, 0.6) is 0 Å². The topological polar surface area (TPSA) is 95.2 Å². The molecule has 2 atom stereocenters. The molecule has 0 rings (SSSR count). The fourth-order valence-electron chi connectivity index (χ4n) is 1.15. The molecule has 0 saturated carbocycles. The molecule has 4 nitrogen and oxygen atoms in total. The molecule has 0 aromatic carbocycles. The quantitative estimate of drug-likeness (QED) is 0.654. The average molecular weight is 186 g/mol. The van der Waals surface area contributed by atoms with Crippen LogP contribution in [0.3, 0.4) is 0 Å². The molecule has 0 radical (unpaired) electrons. The largest absolute Gasteiger partial charge is 0.198 e. The van der Waals surface area contributed by atoms with E-state index >= 15 is 0 Å². The Labute approximate surface area is 83.6 Å². The van der Waals surface area contributed by atoms with Crippen molar-refractivity contribution in [1.29, 1.82) is 21.0 Å². The molecule has 0 saturated heterocycles. The van der Waals surface area contributed by atoms with Crippen LogP contribution >= 0.6 is 0 Å². The summed E-state index contributed by atoms with van der Waals surface area (Å²) in [5.74, 6) is -0.846. The number of nitriles is 4. The molecule has 0 aliphatic carbocycles. The second-order valence-corrected chi connectivity index (χ2v) is 2.86. The van der Waals surface area contributed by atoms with Gasteiger partial charge in [-0.15, -0.1) is 0 Å². The highest BCUT2D eigenvalue weighted by Gasteiger charge is 2.20. The minimum atomic E-state index is -0.423. The molecule has 0 bridgehead atoms. The van der Waals surface area contributed by atoms with E-state index in [4.69, 9.17) is 21.0 Å². The van der Waals surface area contributed by atoms with Gasteiger partial charge in [-0.3, -0.25) is 0 Å². The number of hydrogen-bond acceptors (Lipinski definition) is 4.